The molecule has 3 rings (SSSR count). The fourth-order valence-electron chi connectivity index (χ4n) is 3.29. The molecule has 2 heterocycles. The maximum absolute atomic E-state index is 6.27. The fourth-order valence-corrected chi connectivity index (χ4v) is 3.77. The number of pyridine rings is 1. The van der Waals surface area contributed by atoms with Gasteiger partial charge in [0.2, 0.25) is 0 Å². The zero-order chi connectivity index (χ0) is 15.2. The van der Waals surface area contributed by atoms with Gasteiger partial charge < -0.3 is 14.8 Å². The summed E-state index contributed by atoms with van der Waals surface area (Å²) in [6.07, 6.45) is 13.7. The van der Waals surface area contributed by atoms with Crippen LogP contribution in [0.15, 0.2) is 23.4 Å². The quantitative estimate of drug-likeness (QED) is 0.843. The molecular formula is C17H26N2O2S. The maximum Gasteiger partial charge on any atom is 0.136 e. The van der Waals surface area contributed by atoms with Gasteiger partial charge in [-0.25, -0.2) is 0 Å². The first-order valence-corrected chi connectivity index (χ1v) is 9.58. The Labute approximate surface area is 137 Å². The van der Waals surface area contributed by atoms with Gasteiger partial charge in [0.15, 0.2) is 0 Å². The summed E-state index contributed by atoms with van der Waals surface area (Å²) in [5, 5.41) is 3.39. The molecule has 22 heavy (non-hydrogen) atoms. The molecule has 0 bridgehead atoms. The molecule has 2 fully saturated rings. The van der Waals surface area contributed by atoms with Gasteiger partial charge in [-0.15, -0.1) is 11.8 Å². The van der Waals surface area contributed by atoms with E-state index in [1.54, 1.807) is 18.0 Å². The molecule has 1 saturated carbocycles. The van der Waals surface area contributed by atoms with Crippen molar-refractivity contribution in [2.75, 3.05) is 19.3 Å². The minimum Gasteiger partial charge on any atom is -0.489 e. The molecule has 1 aliphatic heterocycles. The predicted octanol–water partition coefficient (Wildman–Crippen LogP) is 3.26. The van der Waals surface area contributed by atoms with Crippen molar-refractivity contribution in [3.63, 3.8) is 0 Å². The zero-order valence-corrected chi connectivity index (χ0v) is 14.1. The highest BCUT2D eigenvalue weighted by Gasteiger charge is 2.26. The molecule has 1 aromatic heterocycles. The van der Waals surface area contributed by atoms with E-state index in [1.807, 2.05) is 12.3 Å². The van der Waals surface area contributed by atoms with Gasteiger partial charge >= 0.3 is 0 Å². The zero-order valence-electron chi connectivity index (χ0n) is 13.3. The van der Waals surface area contributed by atoms with Crippen LogP contribution in [0, 0.1) is 0 Å². The van der Waals surface area contributed by atoms with Gasteiger partial charge in [-0.05, 0) is 63.9 Å². The maximum atomic E-state index is 6.27. The summed E-state index contributed by atoms with van der Waals surface area (Å²) in [6, 6.07) is 1.98. The van der Waals surface area contributed by atoms with Crippen LogP contribution in [0.25, 0.3) is 0 Å². The summed E-state index contributed by atoms with van der Waals surface area (Å²) < 4.78 is 12.5. The molecule has 1 aromatic rings. The average molecular weight is 322 g/mol. The topological polar surface area (TPSA) is 43.4 Å². The van der Waals surface area contributed by atoms with Crippen LogP contribution in [0.5, 0.6) is 5.75 Å². The van der Waals surface area contributed by atoms with Gasteiger partial charge in [-0.1, -0.05) is 0 Å². The number of aromatic nitrogens is 1. The van der Waals surface area contributed by atoms with Crippen molar-refractivity contribution in [1.29, 1.82) is 0 Å². The minimum absolute atomic E-state index is 0.321. The molecule has 1 N–H and O–H groups in total. The van der Waals surface area contributed by atoms with Gasteiger partial charge in [0, 0.05) is 12.4 Å². The number of ether oxygens (including phenoxy) is 2. The lowest BCUT2D eigenvalue weighted by Gasteiger charge is -2.33. The van der Waals surface area contributed by atoms with E-state index in [4.69, 9.17) is 9.47 Å². The lowest BCUT2D eigenvalue weighted by atomic mass is 9.94. The third kappa shape index (κ3) is 4.37. The largest absolute Gasteiger partial charge is 0.489 e. The Kier molecular flexibility index (Phi) is 5.98. The van der Waals surface area contributed by atoms with Crippen LogP contribution in [-0.2, 0) is 4.74 Å². The van der Waals surface area contributed by atoms with Crippen LogP contribution in [0.1, 0.15) is 38.5 Å². The normalized spacial score (nSPS) is 26.8. The highest BCUT2D eigenvalue weighted by Crippen LogP contribution is 2.31. The van der Waals surface area contributed by atoms with E-state index in [2.05, 4.69) is 16.6 Å². The average Bonchev–Trinajstić information content (AvgIpc) is 2.58. The number of nitrogens with zero attached hydrogens (tertiary/aromatic N) is 1. The fraction of sp³-hybridized carbons (Fsp3) is 0.706. The monoisotopic (exact) mass is 322 g/mol. The van der Waals surface area contributed by atoms with Crippen LogP contribution in [0.3, 0.4) is 0 Å². The lowest BCUT2D eigenvalue weighted by Crippen LogP contribution is -2.37. The smallest absolute Gasteiger partial charge is 0.136 e. The molecule has 0 aromatic carbocycles. The summed E-state index contributed by atoms with van der Waals surface area (Å²) in [4.78, 5) is 5.28. The summed E-state index contributed by atoms with van der Waals surface area (Å²) >= 11 is 1.69. The van der Waals surface area contributed by atoms with Crippen molar-refractivity contribution in [1.82, 2.24) is 10.3 Å². The Morgan fingerprint density at radius 2 is 1.73 bits per heavy atom. The van der Waals surface area contributed by atoms with Gasteiger partial charge in [0.1, 0.15) is 5.75 Å². The Bertz CT molecular complexity index is 458. The first kappa shape index (κ1) is 16.1. The van der Waals surface area contributed by atoms with Crippen LogP contribution < -0.4 is 10.1 Å². The molecule has 0 spiro atoms. The molecule has 1 saturated heterocycles. The number of nitrogens with one attached hydrogen (secondary N) is 1. The van der Waals surface area contributed by atoms with E-state index in [0.717, 1.165) is 62.3 Å². The molecule has 2 aliphatic rings. The molecule has 5 heteroatoms. The first-order valence-electron chi connectivity index (χ1n) is 8.36. The summed E-state index contributed by atoms with van der Waals surface area (Å²) in [7, 11) is 0. The van der Waals surface area contributed by atoms with Crippen molar-refractivity contribution in [3.8, 4) is 5.75 Å². The Hall–Kier alpha value is -0.780. The number of hydrogen-bond acceptors (Lipinski definition) is 5. The summed E-state index contributed by atoms with van der Waals surface area (Å²) in [6.45, 7) is 2.20. The van der Waals surface area contributed by atoms with Crippen molar-refractivity contribution >= 4 is 11.8 Å². The molecule has 4 nitrogen and oxygen atoms in total. The van der Waals surface area contributed by atoms with E-state index in [0.29, 0.717) is 18.3 Å². The second-order valence-electron chi connectivity index (χ2n) is 6.13. The van der Waals surface area contributed by atoms with E-state index in [1.165, 1.54) is 0 Å². The van der Waals surface area contributed by atoms with Crippen molar-refractivity contribution in [2.24, 2.45) is 0 Å². The number of piperidine rings is 1. The number of rotatable bonds is 5. The van der Waals surface area contributed by atoms with Gasteiger partial charge in [0.05, 0.1) is 23.2 Å². The first-order chi connectivity index (χ1) is 10.8. The van der Waals surface area contributed by atoms with Gasteiger partial charge in [0.25, 0.3) is 0 Å². The minimum atomic E-state index is 0.321. The highest BCUT2D eigenvalue weighted by molar-refractivity contribution is 7.98. The molecule has 122 valence electrons. The van der Waals surface area contributed by atoms with Crippen molar-refractivity contribution in [2.45, 2.75) is 61.7 Å². The molecule has 0 atom stereocenters. The molecule has 0 unspecified atom stereocenters. The Morgan fingerprint density at radius 1 is 1.05 bits per heavy atom. The van der Waals surface area contributed by atoms with Crippen LogP contribution >= 0.6 is 11.8 Å². The van der Waals surface area contributed by atoms with E-state index in [-0.39, 0.29) is 0 Å². The Morgan fingerprint density at radius 3 is 2.45 bits per heavy atom. The van der Waals surface area contributed by atoms with E-state index >= 15 is 0 Å². The second kappa shape index (κ2) is 8.18. The second-order valence-corrected chi connectivity index (χ2v) is 6.98. The van der Waals surface area contributed by atoms with E-state index in [9.17, 15) is 0 Å². The SMILES string of the molecule is CSc1cnccc1O[C@H]1CC[C@H](OC2CCNCC2)CC1. The molecule has 0 amide bonds. The summed E-state index contributed by atoms with van der Waals surface area (Å²) in [5.41, 5.74) is 0. The third-order valence-corrected chi connectivity index (χ3v) is 5.30. The van der Waals surface area contributed by atoms with Crippen LogP contribution in [0.2, 0.25) is 0 Å². The third-order valence-electron chi connectivity index (χ3n) is 4.55. The number of thioether (sulfide) groups is 1. The van der Waals surface area contributed by atoms with Crippen LogP contribution in [0.4, 0.5) is 0 Å². The molecule has 1 aliphatic carbocycles. The standard InChI is InChI=1S/C17H26N2O2S/c1-22-17-12-19-11-8-16(17)21-14-4-2-13(3-5-14)20-15-6-9-18-10-7-15/h8,11-15,18H,2-7,9-10H2,1H3/t13-,14-. The van der Waals surface area contributed by atoms with E-state index < -0.39 is 0 Å². The van der Waals surface area contributed by atoms with Gasteiger partial charge in [-0.3, -0.25) is 4.98 Å². The molecular weight excluding hydrogens is 296 g/mol. The number of hydrogen-bond donors (Lipinski definition) is 1. The highest BCUT2D eigenvalue weighted by atomic mass is 32.2. The van der Waals surface area contributed by atoms with Crippen molar-refractivity contribution in [3.05, 3.63) is 18.5 Å². The molecule has 0 radical (unpaired) electrons. The lowest BCUT2D eigenvalue weighted by molar-refractivity contribution is -0.0550. The van der Waals surface area contributed by atoms with Crippen molar-refractivity contribution < 1.29 is 9.47 Å². The van der Waals surface area contributed by atoms with Gasteiger partial charge in [-0.2, -0.15) is 0 Å². The summed E-state index contributed by atoms with van der Waals surface area (Å²) in [5.74, 6) is 0.977. The predicted molar refractivity (Wildman–Crippen MR) is 89.7 cm³/mol. The Balaban J connectivity index is 1.45. The van der Waals surface area contributed by atoms with Crippen LogP contribution in [-0.4, -0.2) is 42.6 Å².